The maximum Gasteiger partial charge on any atom is 0.163 e. The van der Waals surface area contributed by atoms with Crippen molar-refractivity contribution >= 4 is 10.9 Å². The maximum absolute atomic E-state index is 5.92. The van der Waals surface area contributed by atoms with Gasteiger partial charge < -0.3 is 19.8 Å². The number of fused-ring (bicyclic) bond motifs is 1. The number of piperidine rings is 1. The van der Waals surface area contributed by atoms with Gasteiger partial charge >= 0.3 is 0 Å². The van der Waals surface area contributed by atoms with Crippen molar-refractivity contribution in [1.82, 2.24) is 10.3 Å². The number of H-pyrrole nitrogens is 1. The third kappa shape index (κ3) is 3.50. The number of methoxy groups -OCH3 is 1. The van der Waals surface area contributed by atoms with Crippen molar-refractivity contribution in [1.29, 1.82) is 0 Å². The number of nitrogens with one attached hydrogen (secondary N) is 2. The van der Waals surface area contributed by atoms with E-state index in [1.807, 2.05) is 24.4 Å². The van der Waals surface area contributed by atoms with Crippen molar-refractivity contribution in [3.05, 3.63) is 30.8 Å². The van der Waals surface area contributed by atoms with Gasteiger partial charge in [0.15, 0.2) is 11.5 Å². The molecule has 0 bridgehead atoms. The summed E-state index contributed by atoms with van der Waals surface area (Å²) < 4.78 is 11.3. The molecule has 1 saturated heterocycles. The highest BCUT2D eigenvalue weighted by atomic mass is 16.5. The SMILES string of the molecule is COc1cc2cc[nH]c2cc1OCCCC1[CH]CCNC1. The fraction of sp³-hybridized carbons (Fsp3) is 0.471. The lowest BCUT2D eigenvalue weighted by Crippen LogP contribution is -2.30. The van der Waals surface area contributed by atoms with Crippen molar-refractivity contribution in [2.45, 2.75) is 19.3 Å². The Balaban J connectivity index is 1.54. The minimum Gasteiger partial charge on any atom is -0.493 e. The fourth-order valence-corrected chi connectivity index (χ4v) is 2.87. The summed E-state index contributed by atoms with van der Waals surface area (Å²) in [6, 6.07) is 6.07. The molecule has 1 aromatic heterocycles. The van der Waals surface area contributed by atoms with E-state index >= 15 is 0 Å². The Bertz CT molecular complexity index is 573. The minimum absolute atomic E-state index is 0.690. The molecule has 0 spiro atoms. The first kappa shape index (κ1) is 14.3. The molecule has 0 aliphatic carbocycles. The van der Waals surface area contributed by atoms with Crippen LogP contribution in [-0.4, -0.2) is 31.8 Å². The van der Waals surface area contributed by atoms with Gasteiger partial charge in [-0.3, -0.25) is 0 Å². The Morgan fingerprint density at radius 3 is 3.05 bits per heavy atom. The van der Waals surface area contributed by atoms with Gasteiger partial charge in [0.25, 0.3) is 0 Å². The van der Waals surface area contributed by atoms with Crippen molar-refractivity contribution in [2.24, 2.45) is 5.92 Å². The molecule has 3 rings (SSSR count). The molecule has 1 aromatic carbocycles. The van der Waals surface area contributed by atoms with E-state index in [9.17, 15) is 0 Å². The first-order chi connectivity index (χ1) is 10.4. The monoisotopic (exact) mass is 287 g/mol. The topological polar surface area (TPSA) is 46.3 Å². The number of benzene rings is 1. The molecular weight excluding hydrogens is 264 g/mol. The van der Waals surface area contributed by atoms with Crippen LogP contribution in [0.4, 0.5) is 0 Å². The molecule has 2 aromatic rings. The number of rotatable bonds is 6. The highest BCUT2D eigenvalue weighted by Crippen LogP contribution is 2.32. The molecule has 0 amide bonds. The third-order valence-corrected chi connectivity index (χ3v) is 4.04. The molecule has 1 aliphatic rings. The first-order valence-corrected chi connectivity index (χ1v) is 7.69. The van der Waals surface area contributed by atoms with Gasteiger partial charge in [-0.05, 0) is 56.8 Å². The zero-order valence-corrected chi connectivity index (χ0v) is 12.5. The Kier molecular flexibility index (Phi) is 4.65. The van der Waals surface area contributed by atoms with Gasteiger partial charge in [0.1, 0.15) is 0 Å². The van der Waals surface area contributed by atoms with Crippen molar-refractivity contribution in [3.63, 3.8) is 0 Å². The highest BCUT2D eigenvalue weighted by molar-refractivity contribution is 5.83. The quantitative estimate of drug-likeness (QED) is 0.802. The lowest BCUT2D eigenvalue weighted by atomic mass is 9.95. The minimum atomic E-state index is 0.690. The second-order valence-electron chi connectivity index (χ2n) is 5.55. The van der Waals surface area contributed by atoms with Gasteiger partial charge in [0.05, 0.1) is 13.7 Å². The molecule has 1 fully saturated rings. The zero-order valence-electron chi connectivity index (χ0n) is 12.5. The van der Waals surface area contributed by atoms with E-state index in [0.717, 1.165) is 48.5 Å². The van der Waals surface area contributed by atoms with E-state index in [1.165, 1.54) is 12.8 Å². The van der Waals surface area contributed by atoms with Gasteiger partial charge in [0, 0.05) is 23.2 Å². The second-order valence-corrected chi connectivity index (χ2v) is 5.55. The van der Waals surface area contributed by atoms with Gasteiger partial charge in [-0.1, -0.05) is 0 Å². The average Bonchev–Trinajstić information content (AvgIpc) is 2.99. The number of ether oxygens (including phenoxy) is 2. The van der Waals surface area contributed by atoms with Gasteiger partial charge in [0.2, 0.25) is 0 Å². The smallest absolute Gasteiger partial charge is 0.163 e. The molecule has 1 radical (unpaired) electrons. The predicted molar refractivity (Wildman–Crippen MR) is 84.9 cm³/mol. The fourth-order valence-electron chi connectivity index (χ4n) is 2.87. The van der Waals surface area contributed by atoms with E-state index < -0.39 is 0 Å². The van der Waals surface area contributed by atoms with E-state index in [-0.39, 0.29) is 0 Å². The standard InChI is InChI=1S/C17H23N2O2/c1-20-16-10-14-6-8-19-15(14)11-17(16)21-9-3-5-13-4-2-7-18-12-13/h4,6,8,10-11,13,18-19H,2-3,5,7,9,12H2,1H3. The van der Waals surface area contributed by atoms with Crippen molar-refractivity contribution in [2.75, 3.05) is 26.8 Å². The Hall–Kier alpha value is -1.68. The Labute approximate surface area is 125 Å². The van der Waals surface area contributed by atoms with Crippen LogP contribution >= 0.6 is 0 Å². The Morgan fingerprint density at radius 2 is 2.24 bits per heavy atom. The van der Waals surface area contributed by atoms with E-state index in [2.05, 4.69) is 16.7 Å². The van der Waals surface area contributed by atoms with Crippen LogP contribution in [0.5, 0.6) is 11.5 Å². The normalized spacial score (nSPS) is 18.8. The summed E-state index contributed by atoms with van der Waals surface area (Å²) in [5.41, 5.74) is 1.08. The van der Waals surface area contributed by atoms with Crippen LogP contribution in [0.1, 0.15) is 19.3 Å². The Morgan fingerprint density at radius 1 is 1.29 bits per heavy atom. The molecule has 113 valence electrons. The zero-order chi connectivity index (χ0) is 14.5. The molecule has 21 heavy (non-hydrogen) atoms. The summed E-state index contributed by atoms with van der Waals surface area (Å²) in [5, 5.41) is 4.57. The molecule has 0 saturated carbocycles. The molecule has 1 aliphatic heterocycles. The molecule has 4 heteroatoms. The molecular formula is C17H23N2O2. The highest BCUT2D eigenvalue weighted by Gasteiger charge is 2.13. The predicted octanol–water partition coefficient (Wildman–Crippen LogP) is 3.15. The van der Waals surface area contributed by atoms with Crippen molar-refractivity contribution in [3.8, 4) is 11.5 Å². The summed E-state index contributed by atoms with van der Waals surface area (Å²) in [6.45, 7) is 2.96. The number of hydrogen-bond donors (Lipinski definition) is 2. The number of aromatic amines is 1. The summed E-state index contributed by atoms with van der Waals surface area (Å²) in [5.74, 6) is 2.31. The number of aromatic nitrogens is 1. The van der Waals surface area contributed by atoms with Crippen LogP contribution in [0.15, 0.2) is 24.4 Å². The van der Waals surface area contributed by atoms with Crippen LogP contribution in [0.25, 0.3) is 10.9 Å². The van der Waals surface area contributed by atoms with E-state index in [1.54, 1.807) is 7.11 Å². The lowest BCUT2D eigenvalue weighted by Gasteiger charge is -2.22. The largest absolute Gasteiger partial charge is 0.493 e. The van der Waals surface area contributed by atoms with E-state index in [4.69, 9.17) is 9.47 Å². The first-order valence-electron chi connectivity index (χ1n) is 7.69. The molecule has 1 unspecified atom stereocenters. The number of hydrogen-bond acceptors (Lipinski definition) is 3. The van der Waals surface area contributed by atoms with Gasteiger partial charge in [-0.15, -0.1) is 0 Å². The lowest BCUT2D eigenvalue weighted by molar-refractivity contribution is 0.276. The summed E-state index contributed by atoms with van der Waals surface area (Å²) in [6.07, 6.45) is 7.79. The van der Waals surface area contributed by atoms with Gasteiger partial charge in [-0.2, -0.15) is 0 Å². The third-order valence-electron chi connectivity index (χ3n) is 4.04. The molecule has 2 heterocycles. The molecule has 2 N–H and O–H groups in total. The van der Waals surface area contributed by atoms with Crippen LogP contribution < -0.4 is 14.8 Å². The van der Waals surface area contributed by atoms with Crippen LogP contribution in [-0.2, 0) is 0 Å². The maximum atomic E-state index is 5.92. The molecule has 4 nitrogen and oxygen atoms in total. The molecule has 1 atom stereocenters. The summed E-state index contributed by atoms with van der Waals surface area (Å²) in [4.78, 5) is 3.20. The van der Waals surface area contributed by atoms with Crippen LogP contribution in [0.2, 0.25) is 0 Å². The summed E-state index contributed by atoms with van der Waals surface area (Å²) >= 11 is 0. The van der Waals surface area contributed by atoms with Crippen LogP contribution in [0.3, 0.4) is 0 Å². The second kappa shape index (κ2) is 6.85. The van der Waals surface area contributed by atoms with E-state index in [0.29, 0.717) is 5.92 Å². The van der Waals surface area contributed by atoms with Crippen molar-refractivity contribution < 1.29 is 9.47 Å². The van der Waals surface area contributed by atoms with Crippen LogP contribution in [0, 0.1) is 12.3 Å². The average molecular weight is 287 g/mol. The van der Waals surface area contributed by atoms with Gasteiger partial charge in [-0.25, -0.2) is 0 Å². The summed E-state index contributed by atoms with van der Waals surface area (Å²) in [7, 11) is 1.68.